The number of rotatable bonds is 3. The third-order valence-electron chi connectivity index (χ3n) is 5.37. The molecule has 0 unspecified atom stereocenters. The molecule has 0 bridgehead atoms. The Labute approximate surface area is 165 Å². The third-order valence-corrected chi connectivity index (χ3v) is 5.37. The van der Waals surface area contributed by atoms with Gasteiger partial charge in [-0.1, -0.05) is 12.1 Å². The second-order valence-electron chi connectivity index (χ2n) is 6.87. The zero-order valence-corrected chi connectivity index (χ0v) is 16.4. The van der Waals surface area contributed by atoms with Crippen molar-refractivity contribution in [2.75, 3.05) is 46.4 Å². The monoisotopic (exact) mass is 399 g/mol. The molecule has 6 nitrogen and oxygen atoms in total. The van der Waals surface area contributed by atoms with E-state index in [1.165, 1.54) is 12.1 Å². The van der Waals surface area contributed by atoms with Crippen LogP contribution in [0.25, 0.3) is 0 Å². The smallest absolute Gasteiger partial charge is 0.256 e. The van der Waals surface area contributed by atoms with Gasteiger partial charge in [-0.3, -0.25) is 9.59 Å². The summed E-state index contributed by atoms with van der Waals surface area (Å²) in [5, 5.41) is 3.25. The van der Waals surface area contributed by atoms with Crippen molar-refractivity contribution in [3.8, 4) is 0 Å². The number of ether oxygens (including phenoxy) is 1. The lowest BCUT2D eigenvalue weighted by molar-refractivity contribution is -0.158. The van der Waals surface area contributed by atoms with Crippen molar-refractivity contribution in [1.29, 1.82) is 0 Å². The number of piperidine rings is 1. The number of nitrogens with one attached hydrogen (secondary N) is 1. The number of benzene rings is 1. The second-order valence-corrected chi connectivity index (χ2v) is 6.87. The lowest BCUT2D eigenvalue weighted by atomic mass is 9.90. The molecular weight excluding hydrogens is 373 g/mol. The molecule has 2 aliphatic rings. The summed E-state index contributed by atoms with van der Waals surface area (Å²) in [6.45, 7) is 3.45. The quantitative estimate of drug-likeness (QED) is 0.840. The van der Waals surface area contributed by atoms with Crippen LogP contribution in [0.3, 0.4) is 0 Å². The van der Waals surface area contributed by atoms with Crippen molar-refractivity contribution >= 4 is 24.2 Å². The van der Waals surface area contributed by atoms with E-state index in [9.17, 15) is 14.0 Å². The Morgan fingerprint density at radius 2 is 1.70 bits per heavy atom. The van der Waals surface area contributed by atoms with Crippen LogP contribution in [0.2, 0.25) is 0 Å². The normalized spacial score (nSPS) is 19.8. The Morgan fingerprint density at radius 3 is 2.37 bits per heavy atom. The molecule has 0 spiro atoms. The van der Waals surface area contributed by atoms with Gasteiger partial charge in [0.15, 0.2) is 0 Å². The molecule has 3 rings (SSSR count). The fraction of sp³-hybridized carbons (Fsp3) is 0.579. The van der Waals surface area contributed by atoms with Crippen LogP contribution in [0.15, 0.2) is 24.3 Å². The molecule has 1 aromatic rings. The molecule has 0 saturated carbocycles. The molecule has 2 heterocycles. The van der Waals surface area contributed by atoms with Crippen LogP contribution in [-0.4, -0.2) is 73.6 Å². The summed E-state index contributed by atoms with van der Waals surface area (Å²) in [4.78, 5) is 29.1. The van der Waals surface area contributed by atoms with E-state index in [2.05, 4.69) is 5.32 Å². The van der Waals surface area contributed by atoms with E-state index in [1.807, 2.05) is 0 Å². The summed E-state index contributed by atoms with van der Waals surface area (Å²) in [5.74, 6) is -0.829. The van der Waals surface area contributed by atoms with Crippen molar-refractivity contribution in [3.63, 3.8) is 0 Å². The molecule has 27 heavy (non-hydrogen) atoms. The Hall–Kier alpha value is -1.70. The molecule has 2 aliphatic heterocycles. The molecule has 2 saturated heterocycles. The molecule has 8 heteroatoms. The summed E-state index contributed by atoms with van der Waals surface area (Å²) in [7, 11) is 1.59. The largest absolute Gasteiger partial charge is 0.368 e. The standard InChI is InChI=1S/C19H26FN3O3.ClH/c1-26-19(7-9-21-10-8-19)18(25)23-12-4-11-22(13-14-23)17(24)15-5-2-3-6-16(15)20;/h2-3,5-6,21H,4,7-14H2,1H3;1H. The minimum atomic E-state index is -0.768. The topological polar surface area (TPSA) is 61.9 Å². The number of carbonyl (C=O) groups is 2. The third kappa shape index (κ3) is 4.59. The minimum absolute atomic E-state index is 0. The molecule has 1 N–H and O–H groups in total. The predicted octanol–water partition coefficient (Wildman–Crippen LogP) is 1.69. The van der Waals surface area contributed by atoms with E-state index in [1.54, 1.807) is 29.0 Å². The average molecular weight is 400 g/mol. The number of methoxy groups -OCH3 is 1. The first-order valence-electron chi connectivity index (χ1n) is 9.16. The number of amides is 2. The van der Waals surface area contributed by atoms with Gasteiger partial charge in [-0.2, -0.15) is 0 Å². The van der Waals surface area contributed by atoms with Gasteiger partial charge in [0.05, 0.1) is 5.56 Å². The lowest BCUT2D eigenvalue weighted by Gasteiger charge is -2.38. The van der Waals surface area contributed by atoms with Crippen molar-refractivity contribution in [2.45, 2.75) is 24.9 Å². The highest BCUT2D eigenvalue weighted by Gasteiger charge is 2.42. The van der Waals surface area contributed by atoms with Crippen LogP contribution in [0.5, 0.6) is 0 Å². The number of nitrogens with zero attached hydrogens (tertiary/aromatic N) is 2. The summed E-state index contributed by atoms with van der Waals surface area (Å²) >= 11 is 0. The van der Waals surface area contributed by atoms with Crippen LogP contribution in [0.1, 0.15) is 29.6 Å². The molecule has 0 atom stereocenters. The van der Waals surface area contributed by atoms with E-state index in [-0.39, 0.29) is 29.8 Å². The fourth-order valence-corrected chi connectivity index (χ4v) is 3.75. The lowest BCUT2D eigenvalue weighted by Crippen LogP contribution is -2.56. The fourth-order valence-electron chi connectivity index (χ4n) is 3.75. The van der Waals surface area contributed by atoms with Gasteiger partial charge in [0.25, 0.3) is 11.8 Å². The summed E-state index contributed by atoms with van der Waals surface area (Å²) in [6.07, 6.45) is 1.97. The molecule has 0 aliphatic carbocycles. The van der Waals surface area contributed by atoms with Gasteiger partial charge in [0.2, 0.25) is 0 Å². The van der Waals surface area contributed by atoms with Crippen LogP contribution in [0.4, 0.5) is 4.39 Å². The van der Waals surface area contributed by atoms with Gasteiger partial charge in [-0.15, -0.1) is 12.4 Å². The molecule has 0 radical (unpaired) electrons. The van der Waals surface area contributed by atoms with Gasteiger partial charge in [-0.25, -0.2) is 4.39 Å². The van der Waals surface area contributed by atoms with Crippen molar-refractivity contribution in [3.05, 3.63) is 35.6 Å². The number of hydrogen-bond acceptors (Lipinski definition) is 4. The zero-order chi connectivity index (χ0) is 18.6. The Balaban J connectivity index is 0.00000261. The van der Waals surface area contributed by atoms with E-state index < -0.39 is 11.4 Å². The van der Waals surface area contributed by atoms with E-state index in [4.69, 9.17) is 4.74 Å². The Morgan fingerprint density at radius 1 is 1.07 bits per heavy atom. The maximum atomic E-state index is 13.9. The molecule has 150 valence electrons. The number of halogens is 2. The molecule has 0 aromatic heterocycles. The van der Waals surface area contributed by atoms with Crippen LogP contribution in [-0.2, 0) is 9.53 Å². The predicted molar refractivity (Wildman–Crippen MR) is 103 cm³/mol. The van der Waals surface area contributed by atoms with Crippen LogP contribution < -0.4 is 5.32 Å². The van der Waals surface area contributed by atoms with Crippen molar-refractivity contribution in [2.24, 2.45) is 0 Å². The summed E-state index contributed by atoms with van der Waals surface area (Å²) in [5.41, 5.74) is -0.685. The first-order chi connectivity index (χ1) is 12.6. The van der Waals surface area contributed by atoms with Gasteiger partial charge in [0, 0.05) is 33.3 Å². The van der Waals surface area contributed by atoms with Crippen molar-refractivity contribution in [1.82, 2.24) is 15.1 Å². The molecule has 2 amide bonds. The minimum Gasteiger partial charge on any atom is -0.368 e. The number of carbonyl (C=O) groups excluding carboxylic acids is 2. The van der Waals surface area contributed by atoms with Crippen molar-refractivity contribution < 1.29 is 18.7 Å². The number of hydrogen-bond donors (Lipinski definition) is 1. The van der Waals surface area contributed by atoms with Gasteiger partial charge < -0.3 is 19.9 Å². The van der Waals surface area contributed by atoms with Gasteiger partial charge >= 0.3 is 0 Å². The van der Waals surface area contributed by atoms with E-state index >= 15 is 0 Å². The average Bonchev–Trinajstić information content (AvgIpc) is 2.94. The zero-order valence-electron chi connectivity index (χ0n) is 15.6. The van der Waals surface area contributed by atoms with Crippen LogP contribution >= 0.6 is 12.4 Å². The Bertz CT molecular complexity index is 667. The highest BCUT2D eigenvalue weighted by molar-refractivity contribution is 5.94. The van der Waals surface area contributed by atoms with E-state index in [0.717, 1.165) is 13.1 Å². The SMILES string of the molecule is COC1(C(=O)N2CCCN(C(=O)c3ccccc3F)CC2)CCNCC1.Cl. The highest BCUT2D eigenvalue weighted by atomic mass is 35.5. The van der Waals surface area contributed by atoms with Crippen LogP contribution in [0, 0.1) is 5.82 Å². The second kappa shape index (κ2) is 9.48. The molecule has 1 aromatic carbocycles. The maximum Gasteiger partial charge on any atom is 0.256 e. The van der Waals surface area contributed by atoms with Gasteiger partial charge in [0.1, 0.15) is 11.4 Å². The van der Waals surface area contributed by atoms with Gasteiger partial charge in [-0.05, 0) is 44.5 Å². The first kappa shape index (κ1) is 21.6. The van der Waals surface area contributed by atoms with E-state index in [0.29, 0.717) is 45.4 Å². The highest BCUT2D eigenvalue weighted by Crippen LogP contribution is 2.26. The Kier molecular flexibility index (Phi) is 7.59. The first-order valence-corrected chi connectivity index (χ1v) is 9.16. The summed E-state index contributed by atoms with van der Waals surface area (Å²) in [6, 6.07) is 6.02. The maximum absolute atomic E-state index is 13.9. The summed E-state index contributed by atoms with van der Waals surface area (Å²) < 4.78 is 19.5. The molecule has 2 fully saturated rings. The molecular formula is C19H27ClFN3O3.